The molecule has 2 atom stereocenters. The van der Waals surface area contributed by atoms with Gasteiger partial charge in [0.1, 0.15) is 0 Å². The highest BCUT2D eigenvalue weighted by Crippen LogP contribution is 2.31. The van der Waals surface area contributed by atoms with Crippen LogP contribution in [-0.4, -0.2) is 33.4 Å². The van der Waals surface area contributed by atoms with E-state index in [1.165, 1.54) is 5.69 Å². The quantitative estimate of drug-likeness (QED) is 0.925. The Hall–Kier alpha value is -2.14. The normalized spacial score (nSPS) is 22.0. The van der Waals surface area contributed by atoms with E-state index in [1.807, 2.05) is 49.6 Å². The summed E-state index contributed by atoms with van der Waals surface area (Å²) in [7, 11) is 3.89. The number of hydrogen-bond acceptors (Lipinski definition) is 3. The van der Waals surface area contributed by atoms with Crippen molar-refractivity contribution in [1.82, 2.24) is 19.8 Å². The Balaban J connectivity index is 1.76. The average Bonchev–Trinajstić information content (AvgIpc) is 3.02. The van der Waals surface area contributed by atoms with Gasteiger partial charge in [0.2, 0.25) is 5.91 Å². The molecule has 1 aliphatic heterocycles. The molecule has 0 aromatic carbocycles. The van der Waals surface area contributed by atoms with E-state index in [1.54, 1.807) is 6.20 Å². The van der Waals surface area contributed by atoms with Crippen molar-refractivity contribution in [1.29, 1.82) is 0 Å². The molecular formula is C16H20N4O. The minimum Gasteiger partial charge on any atom is -0.353 e. The first-order valence-corrected chi connectivity index (χ1v) is 7.16. The fourth-order valence-corrected chi connectivity index (χ4v) is 2.98. The molecular weight excluding hydrogens is 264 g/mol. The number of likely N-dealkylation sites (tertiary alicyclic amines) is 1. The van der Waals surface area contributed by atoms with Crippen LogP contribution in [0.5, 0.6) is 0 Å². The summed E-state index contributed by atoms with van der Waals surface area (Å²) in [5.74, 6) is 0.174. The highest BCUT2D eigenvalue weighted by Gasteiger charge is 2.38. The number of likely N-dealkylation sites (N-methyl/N-ethyl adjacent to an activating group) is 1. The lowest BCUT2D eigenvalue weighted by Crippen LogP contribution is -2.35. The molecule has 3 heterocycles. The molecule has 1 N–H and O–H groups in total. The Kier molecular flexibility index (Phi) is 3.75. The zero-order valence-electron chi connectivity index (χ0n) is 12.4. The van der Waals surface area contributed by atoms with Gasteiger partial charge in [0.15, 0.2) is 0 Å². The van der Waals surface area contributed by atoms with Gasteiger partial charge in [-0.05, 0) is 23.8 Å². The predicted molar refractivity (Wildman–Crippen MR) is 80.4 cm³/mol. The summed E-state index contributed by atoms with van der Waals surface area (Å²) in [5, 5.41) is 3.52. The molecule has 1 saturated heterocycles. The van der Waals surface area contributed by atoms with Crippen LogP contribution < -0.4 is 5.32 Å². The zero-order chi connectivity index (χ0) is 14.8. The Morgan fingerprint density at radius 3 is 2.86 bits per heavy atom. The minimum atomic E-state index is 0.0477. The van der Waals surface area contributed by atoms with Crippen molar-refractivity contribution in [3.05, 3.63) is 54.1 Å². The van der Waals surface area contributed by atoms with Crippen LogP contribution >= 0.6 is 0 Å². The first kappa shape index (κ1) is 13.8. The summed E-state index contributed by atoms with van der Waals surface area (Å²) >= 11 is 0. The van der Waals surface area contributed by atoms with E-state index in [0.717, 1.165) is 12.1 Å². The molecule has 0 spiro atoms. The number of carbonyl (C=O) groups excluding carboxylic acids is 1. The number of carbonyl (C=O) groups is 1. The van der Waals surface area contributed by atoms with E-state index in [0.29, 0.717) is 6.42 Å². The number of pyridine rings is 1. The predicted octanol–water partition coefficient (Wildman–Crippen LogP) is 1.48. The number of nitrogens with one attached hydrogen (secondary N) is 1. The Bertz CT molecular complexity index is 622. The van der Waals surface area contributed by atoms with Crippen LogP contribution in [0, 0.1) is 0 Å². The molecule has 0 saturated carbocycles. The van der Waals surface area contributed by atoms with Gasteiger partial charge in [0.25, 0.3) is 0 Å². The van der Waals surface area contributed by atoms with Crippen LogP contribution in [0.15, 0.2) is 42.9 Å². The Morgan fingerprint density at radius 1 is 1.33 bits per heavy atom. The topological polar surface area (TPSA) is 50.2 Å². The molecule has 0 radical (unpaired) electrons. The van der Waals surface area contributed by atoms with Crippen molar-refractivity contribution in [3.63, 3.8) is 0 Å². The Morgan fingerprint density at radius 2 is 2.19 bits per heavy atom. The second-order valence-electron chi connectivity index (χ2n) is 5.54. The Labute approximate surface area is 124 Å². The molecule has 0 bridgehead atoms. The minimum absolute atomic E-state index is 0.0477. The van der Waals surface area contributed by atoms with Crippen LogP contribution in [0.1, 0.15) is 23.7 Å². The third kappa shape index (κ3) is 2.69. The number of hydrogen-bond donors (Lipinski definition) is 1. The summed E-state index contributed by atoms with van der Waals surface area (Å²) in [5.41, 5.74) is 2.29. The molecule has 1 amide bonds. The van der Waals surface area contributed by atoms with E-state index in [2.05, 4.69) is 20.9 Å². The largest absolute Gasteiger partial charge is 0.353 e. The molecule has 3 rings (SSSR count). The highest BCUT2D eigenvalue weighted by atomic mass is 16.2. The van der Waals surface area contributed by atoms with Gasteiger partial charge < -0.3 is 14.8 Å². The van der Waals surface area contributed by atoms with Gasteiger partial charge in [0.05, 0.1) is 6.04 Å². The number of aromatic nitrogens is 2. The van der Waals surface area contributed by atoms with Crippen molar-refractivity contribution >= 4 is 5.91 Å². The van der Waals surface area contributed by atoms with Crippen molar-refractivity contribution in [2.75, 3.05) is 7.05 Å². The lowest BCUT2D eigenvalue weighted by molar-refractivity contribution is -0.127. The highest BCUT2D eigenvalue weighted by molar-refractivity contribution is 5.80. The molecule has 5 heteroatoms. The average molecular weight is 284 g/mol. The lowest BCUT2D eigenvalue weighted by atomic mass is 10.0. The molecule has 1 fully saturated rings. The summed E-state index contributed by atoms with van der Waals surface area (Å²) in [6.07, 6.45) is 6.16. The maximum Gasteiger partial charge on any atom is 0.224 e. The molecule has 1 aliphatic rings. The van der Waals surface area contributed by atoms with E-state index in [9.17, 15) is 4.79 Å². The summed E-state index contributed by atoms with van der Waals surface area (Å²) in [6.45, 7) is 0.756. The van der Waals surface area contributed by atoms with E-state index in [4.69, 9.17) is 0 Å². The van der Waals surface area contributed by atoms with Crippen LogP contribution in [-0.2, 0) is 18.4 Å². The third-order valence-electron chi connectivity index (χ3n) is 4.21. The van der Waals surface area contributed by atoms with Gasteiger partial charge in [0, 0.05) is 57.4 Å². The number of rotatable bonds is 4. The number of aryl methyl sites for hydroxylation is 1. The fourth-order valence-electron chi connectivity index (χ4n) is 2.98. The van der Waals surface area contributed by atoms with E-state index < -0.39 is 0 Å². The SMILES string of the molecule is CN1C(=O)C[C@@H](NCc2cccn2C)[C@@H]1c1cccnc1. The van der Waals surface area contributed by atoms with E-state index in [-0.39, 0.29) is 18.0 Å². The summed E-state index contributed by atoms with van der Waals surface area (Å²) in [6, 6.07) is 8.23. The number of nitrogens with zero attached hydrogens (tertiary/aromatic N) is 3. The molecule has 2 aromatic rings. The van der Waals surface area contributed by atoms with Crippen molar-refractivity contribution < 1.29 is 4.79 Å². The van der Waals surface area contributed by atoms with Gasteiger partial charge in [-0.3, -0.25) is 9.78 Å². The van der Waals surface area contributed by atoms with Gasteiger partial charge in [-0.25, -0.2) is 0 Å². The second kappa shape index (κ2) is 5.69. The summed E-state index contributed by atoms with van der Waals surface area (Å²) in [4.78, 5) is 18.1. The van der Waals surface area contributed by atoms with Crippen LogP contribution in [0.4, 0.5) is 0 Å². The van der Waals surface area contributed by atoms with Crippen molar-refractivity contribution in [2.24, 2.45) is 7.05 Å². The number of amides is 1. The van der Waals surface area contributed by atoms with E-state index >= 15 is 0 Å². The van der Waals surface area contributed by atoms with Crippen LogP contribution in [0.3, 0.4) is 0 Å². The lowest BCUT2D eigenvalue weighted by Gasteiger charge is -2.25. The molecule has 5 nitrogen and oxygen atoms in total. The second-order valence-corrected chi connectivity index (χ2v) is 5.54. The van der Waals surface area contributed by atoms with Crippen LogP contribution in [0.2, 0.25) is 0 Å². The van der Waals surface area contributed by atoms with Crippen molar-refractivity contribution in [3.8, 4) is 0 Å². The van der Waals surface area contributed by atoms with Gasteiger partial charge in [-0.2, -0.15) is 0 Å². The molecule has 0 unspecified atom stereocenters. The maximum absolute atomic E-state index is 12.1. The maximum atomic E-state index is 12.1. The monoisotopic (exact) mass is 284 g/mol. The molecule has 21 heavy (non-hydrogen) atoms. The molecule has 110 valence electrons. The van der Waals surface area contributed by atoms with Crippen LogP contribution in [0.25, 0.3) is 0 Å². The smallest absolute Gasteiger partial charge is 0.224 e. The summed E-state index contributed by atoms with van der Waals surface area (Å²) < 4.78 is 2.09. The molecule has 2 aromatic heterocycles. The first-order valence-electron chi connectivity index (χ1n) is 7.16. The van der Waals surface area contributed by atoms with Gasteiger partial charge >= 0.3 is 0 Å². The van der Waals surface area contributed by atoms with Crippen molar-refractivity contribution in [2.45, 2.75) is 25.0 Å². The van der Waals surface area contributed by atoms with Gasteiger partial charge in [-0.15, -0.1) is 0 Å². The fraction of sp³-hybridized carbons (Fsp3) is 0.375. The van der Waals surface area contributed by atoms with Gasteiger partial charge in [-0.1, -0.05) is 6.07 Å². The standard InChI is InChI=1S/C16H20N4O/c1-19-8-4-6-13(19)11-18-14-9-15(21)20(2)16(14)12-5-3-7-17-10-12/h3-8,10,14,16,18H,9,11H2,1-2H3/t14-,16+/m1/s1. The third-order valence-corrected chi connectivity index (χ3v) is 4.21. The molecule has 0 aliphatic carbocycles. The first-order chi connectivity index (χ1) is 10.2. The zero-order valence-corrected chi connectivity index (χ0v) is 12.4.